The number of nitrogens with zero attached hydrogens (tertiary/aromatic N) is 1. The summed E-state index contributed by atoms with van der Waals surface area (Å²) in [4.78, 5) is 0. The number of nitrogens with two attached hydrogens (primary N) is 1. The van der Waals surface area contributed by atoms with E-state index in [1.165, 1.54) is 11.1 Å². The molecule has 0 amide bonds. The molecule has 4 N–H and O–H groups in total. The number of rotatable bonds is 5. The topological polar surface area (TPSA) is 70.6 Å². The van der Waals surface area contributed by atoms with Crippen molar-refractivity contribution in [2.75, 3.05) is 0 Å². The minimum Gasteiger partial charge on any atom is -0.409 e. The second-order valence-electron chi connectivity index (χ2n) is 4.94. The van der Waals surface area contributed by atoms with E-state index >= 15 is 0 Å². The van der Waals surface area contributed by atoms with E-state index in [1.54, 1.807) is 0 Å². The quantitative estimate of drug-likeness (QED) is 0.321. The van der Waals surface area contributed by atoms with Crippen molar-refractivity contribution in [1.29, 1.82) is 0 Å². The SMILES string of the molecule is CCC(C/C(N)=N/O)NC1Cc2ccccc2C1. The Morgan fingerprint density at radius 3 is 2.56 bits per heavy atom. The Labute approximate surface area is 108 Å². The minimum absolute atomic E-state index is 0.278. The molecule has 0 bridgehead atoms. The van der Waals surface area contributed by atoms with Gasteiger partial charge in [0.1, 0.15) is 5.84 Å². The van der Waals surface area contributed by atoms with Crippen molar-refractivity contribution < 1.29 is 5.21 Å². The van der Waals surface area contributed by atoms with Gasteiger partial charge in [0.05, 0.1) is 0 Å². The molecule has 0 fully saturated rings. The molecule has 0 saturated carbocycles. The summed E-state index contributed by atoms with van der Waals surface area (Å²) in [5.74, 6) is 0.296. The van der Waals surface area contributed by atoms with Crippen LogP contribution >= 0.6 is 0 Å². The summed E-state index contributed by atoms with van der Waals surface area (Å²) in [5, 5.41) is 15.3. The molecule has 0 aliphatic heterocycles. The molecular formula is C14H21N3O. The predicted molar refractivity (Wildman–Crippen MR) is 72.9 cm³/mol. The van der Waals surface area contributed by atoms with E-state index in [2.05, 4.69) is 41.7 Å². The van der Waals surface area contributed by atoms with E-state index in [1.807, 2.05) is 0 Å². The molecular weight excluding hydrogens is 226 g/mol. The van der Waals surface area contributed by atoms with E-state index in [-0.39, 0.29) is 6.04 Å². The molecule has 0 saturated heterocycles. The third kappa shape index (κ3) is 3.01. The third-order valence-corrected chi connectivity index (χ3v) is 3.60. The number of oxime groups is 1. The third-order valence-electron chi connectivity index (χ3n) is 3.60. The first kappa shape index (κ1) is 12.9. The first-order valence-corrected chi connectivity index (χ1v) is 6.52. The van der Waals surface area contributed by atoms with Crippen molar-refractivity contribution >= 4 is 5.84 Å². The number of hydrogen-bond acceptors (Lipinski definition) is 3. The van der Waals surface area contributed by atoms with Crippen molar-refractivity contribution in [2.24, 2.45) is 10.9 Å². The summed E-state index contributed by atoms with van der Waals surface area (Å²) in [5.41, 5.74) is 8.44. The van der Waals surface area contributed by atoms with E-state index in [9.17, 15) is 0 Å². The van der Waals surface area contributed by atoms with Crippen molar-refractivity contribution in [3.63, 3.8) is 0 Å². The molecule has 1 aliphatic rings. The minimum atomic E-state index is 0.278. The molecule has 4 nitrogen and oxygen atoms in total. The smallest absolute Gasteiger partial charge is 0.140 e. The van der Waals surface area contributed by atoms with E-state index in [0.29, 0.717) is 18.3 Å². The monoisotopic (exact) mass is 247 g/mol. The van der Waals surface area contributed by atoms with E-state index in [0.717, 1.165) is 19.3 Å². The Morgan fingerprint density at radius 2 is 2.06 bits per heavy atom. The van der Waals surface area contributed by atoms with Gasteiger partial charge in [-0.15, -0.1) is 0 Å². The van der Waals surface area contributed by atoms with Crippen molar-refractivity contribution in [1.82, 2.24) is 5.32 Å². The largest absolute Gasteiger partial charge is 0.409 e. The summed E-state index contributed by atoms with van der Waals surface area (Å²) < 4.78 is 0. The van der Waals surface area contributed by atoms with Gasteiger partial charge in [0.2, 0.25) is 0 Å². The van der Waals surface area contributed by atoms with Crippen molar-refractivity contribution in [2.45, 2.75) is 44.7 Å². The zero-order valence-corrected chi connectivity index (χ0v) is 10.8. The van der Waals surface area contributed by atoms with Gasteiger partial charge in [-0.3, -0.25) is 0 Å². The highest BCUT2D eigenvalue weighted by Gasteiger charge is 2.23. The van der Waals surface area contributed by atoms with Crippen LogP contribution in [0.5, 0.6) is 0 Å². The van der Waals surface area contributed by atoms with Gasteiger partial charge in [-0.1, -0.05) is 36.3 Å². The van der Waals surface area contributed by atoms with Crippen LogP contribution in [0.2, 0.25) is 0 Å². The number of hydrogen-bond donors (Lipinski definition) is 3. The summed E-state index contributed by atoms with van der Waals surface area (Å²) in [6.45, 7) is 2.12. The van der Waals surface area contributed by atoms with Gasteiger partial charge in [-0.05, 0) is 30.4 Å². The van der Waals surface area contributed by atoms with Gasteiger partial charge in [-0.2, -0.15) is 0 Å². The van der Waals surface area contributed by atoms with E-state index < -0.39 is 0 Å². The standard InChI is InChI=1S/C14H21N3O/c1-2-12(9-14(15)17-18)16-13-7-10-5-3-4-6-11(10)8-13/h3-6,12-13,16,18H,2,7-9H2,1H3,(H2,15,17). The summed E-state index contributed by atoms with van der Waals surface area (Å²) >= 11 is 0. The molecule has 1 aromatic carbocycles. The van der Waals surface area contributed by atoms with Crippen LogP contribution in [-0.2, 0) is 12.8 Å². The molecule has 1 aromatic rings. The van der Waals surface area contributed by atoms with Gasteiger partial charge >= 0.3 is 0 Å². The zero-order chi connectivity index (χ0) is 13.0. The second-order valence-corrected chi connectivity index (χ2v) is 4.94. The summed E-state index contributed by atoms with van der Waals surface area (Å²) in [6, 6.07) is 9.33. The Balaban J connectivity index is 1.91. The summed E-state index contributed by atoms with van der Waals surface area (Å²) in [7, 11) is 0. The first-order chi connectivity index (χ1) is 8.72. The van der Waals surface area contributed by atoms with E-state index in [4.69, 9.17) is 10.9 Å². The maximum Gasteiger partial charge on any atom is 0.140 e. The van der Waals surface area contributed by atoms with Crippen LogP contribution in [0.3, 0.4) is 0 Å². The fourth-order valence-corrected chi connectivity index (χ4v) is 2.62. The normalized spacial score (nSPS) is 17.7. The number of nitrogens with one attached hydrogen (secondary N) is 1. The number of fused-ring (bicyclic) bond motifs is 1. The Bertz CT molecular complexity index is 406. The van der Waals surface area contributed by atoms with Crippen LogP contribution in [0, 0.1) is 0 Å². The summed E-state index contributed by atoms with van der Waals surface area (Å²) in [6.07, 6.45) is 3.72. The molecule has 1 atom stereocenters. The van der Waals surface area contributed by atoms with Crippen molar-refractivity contribution in [3.05, 3.63) is 35.4 Å². The Hall–Kier alpha value is -1.55. The highest BCUT2D eigenvalue weighted by molar-refractivity contribution is 5.80. The molecule has 0 radical (unpaired) electrons. The first-order valence-electron chi connectivity index (χ1n) is 6.52. The Morgan fingerprint density at radius 1 is 1.44 bits per heavy atom. The predicted octanol–water partition coefficient (Wildman–Crippen LogP) is 1.66. The molecule has 1 aliphatic carbocycles. The molecule has 4 heteroatoms. The Kier molecular flexibility index (Phi) is 4.20. The van der Waals surface area contributed by atoms with Crippen LogP contribution in [0.15, 0.2) is 29.4 Å². The lowest BCUT2D eigenvalue weighted by atomic mass is 10.1. The number of amidine groups is 1. The number of benzene rings is 1. The molecule has 98 valence electrons. The zero-order valence-electron chi connectivity index (χ0n) is 10.8. The van der Waals surface area contributed by atoms with Crippen LogP contribution < -0.4 is 11.1 Å². The molecule has 2 rings (SSSR count). The van der Waals surface area contributed by atoms with Gasteiger partial charge in [0, 0.05) is 18.5 Å². The molecule has 0 aromatic heterocycles. The highest BCUT2D eigenvalue weighted by atomic mass is 16.4. The second kappa shape index (κ2) is 5.87. The highest BCUT2D eigenvalue weighted by Crippen LogP contribution is 2.22. The van der Waals surface area contributed by atoms with Crippen LogP contribution in [0.25, 0.3) is 0 Å². The molecule has 18 heavy (non-hydrogen) atoms. The van der Waals surface area contributed by atoms with Crippen LogP contribution in [0.1, 0.15) is 30.9 Å². The van der Waals surface area contributed by atoms with Crippen LogP contribution in [0.4, 0.5) is 0 Å². The fraction of sp³-hybridized carbons (Fsp3) is 0.500. The lowest BCUT2D eigenvalue weighted by Gasteiger charge is -2.21. The van der Waals surface area contributed by atoms with Gasteiger partial charge in [0.25, 0.3) is 0 Å². The molecule has 0 heterocycles. The maximum atomic E-state index is 8.62. The van der Waals surface area contributed by atoms with Gasteiger partial charge in [0.15, 0.2) is 0 Å². The van der Waals surface area contributed by atoms with Gasteiger partial charge < -0.3 is 16.3 Å². The average molecular weight is 247 g/mol. The fourth-order valence-electron chi connectivity index (χ4n) is 2.62. The lowest BCUT2D eigenvalue weighted by molar-refractivity contribution is 0.314. The van der Waals surface area contributed by atoms with Crippen LogP contribution in [-0.4, -0.2) is 23.1 Å². The van der Waals surface area contributed by atoms with Crippen molar-refractivity contribution in [3.8, 4) is 0 Å². The van der Waals surface area contributed by atoms with Gasteiger partial charge in [-0.25, -0.2) is 0 Å². The molecule has 1 unspecified atom stereocenters. The molecule has 0 spiro atoms. The average Bonchev–Trinajstić information content (AvgIpc) is 2.79. The maximum absolute atomic E-state index is 8.62. The lowest BCUT2D eigenvalue weighted by Crippen LogP contribution is -2.40.